The third-order valence-electron chi connectivity index (χ3n) is 3.05. The van der Waals surface area contributed by atoms with Gasteiger partial charge < -0.3 is 9.84 Å². The van der Waals surface area contributed by atoms with E-state index in [4.69, 9.17) is 9.84 Å². The summed E-state index contributed by atoms with van der Waals surface area (Å²) >= 11 is 0. The number of ether oxygens (including phenoxy) is 1. The van der Waals surface area contributed by atoms with Gasteiger partial charge in [-0.2, -0.15) is 5.10 Å². The lowest BCUT2D eigenvalue weighted by Crippen LogP contribution is -2.25. The van der Waals surface area contributed by atoms with Crippen LogP contribution in [0.4, 0.5) is 0 Å². The van der Waals surface area contributed by atoms with E-state index in [-0.39, 0.29) is 18.3 Å². The van der Waals surface area contributed by atoms with E-state index < -0.39 is 0 Å². The number of nitrogens with one attached hydrogen (secondary N) is 1. The van der Waals surface area contributed by atoms with Gasteiger partial charge in [0, 0.05) is 0 Å². The first-order valence-electron chi connectivity index (χ1n) is 6.86. The van der Waals surface area contributed by atoms with Crippen LogP contribution in [-0.2, 0) is 4.79 Å². The average molecular weight is 298 g/mol. The standard InChI is InChI=1S/C17H18N2O3/c1-12-4-3-5-13(2)17(12)22-11-16(21)19-18-10-14-6-8-15(20)9-7-14/h3-10,20H,11H2,1-2H3,(H,19,21)/b18-10+. The highest BCUT2D eigenvalue weighted by Crippen LogP contribution is 2.21. The SMILES string of the molecule is Cc1cccc(C)c1OCC(=O)N/N=C/c1ccc(O)cc1. The highest BCUT2D eigenvalue weighted by atomic mass is 16.5. The van der Waals surface area contributed by atoms with Crippen molar-refractivity contribution in [2.24, 2.45) is 5.10 Å². The Hall–Kier alpha value is -2.82. The lowest BCUT2D eigenvalue weighted by Gasteiger charge is -2.10. The van der Waals surface area contributed by atoms with Crippen LogP contribution < -0.4 is 10.2 Å². The Morgan fingerprint density at radius 2 is 1.82 bits per heavy atom. The van der Waals surface area contributed by atoms with E-state index in [1.54, 1.807) is 24.3 Å². The van der Waals surface area contributed by atoms with Crippen LogP contribution in [0.15, 0.2) is 47.6 Å². The summed E-state index contributed by atoms with van der Waals surface area (Å²) in [6.45, 7) is 3.77. The van der Waals surface area contributed by atoms with Crippen molar-refractivity contribution in [3.8, 4) is 11.5 Å². The molecule has 2 aromatic carbocycles. The molecule has 0 saturated heterocycles. The van der Waals surface area contributed by atoms with Crippen LogP contribution in [-0.4, -0.2) is 23.8 Å². The summed E-state index contributed by atoms with van der Waals surface area (Å²) in [5.41, 5.74) is 5.14. The van der Waals surface area contributed by atoms with Crippen molar-refractivity contribution in [1.29, 1.82) is 0 Å². The monoisotopic (exact) mass is 298 g/mol. The van der Waals surface area contributed by atoms with Crippen LogP contribution in [0.5, 0.6) is 11.5 Å². The van der Waals surface area contributed by atoms with Gasteiger partial charge in [0.2, 0.25) is 0 Å². The molecule has 2 aromatic rings. The van der Waals surface area contributed by atoms with Crippen LogP contribution in [0.1, 0.15) is 16.7 Å². The maximum Gasteiger partial charge on any atom is 0.277 e. The maximum absolute atomic E-state index is 11.7. The number of hydrogen-bond donors (Lipinski definition) is 2. The number of carbonyl (C=O) groups excluding carboxylic acids is 1. The molecule has 0 atom stereocenters. The van der Waals surface area contributed by atoms with Crippen molar-refractivity contribution in [3.63, 3.8) is 0 Å². The van der Waals surface area contributed by atoms with Gasteiger partial charge in [-0.3, -0.25) is 4.79 Å². The van der Waals surface area contributed by atoms with Gasteiger partial charge in [-0.15, -0.1) is 0 Å². The molecule has 0 aliphatic heterocycles. The Bertz CT molecular complexity index is 659. The summed E-state index contributed by atoms with van der Waals surface area (Å²) in [4.78, 5) is 11.7. The first-order chi connectivity index (χ1) is 10.6. The fourth-order valence-electron chi connectivity index (χ4n) is 1.94. The maximum atomic E-state index is 11.7. The molecular formula is C17H18N2O3. The number of rotatable bonds is 5. The van der Waals surface area contributed by atoms with Crippen molar-refractivity contribution in [2.75, 3.05) is 6.61 Å². The largest absolute Gasteiger partial charge is 0.508 e. The topological polar surface area (TPSA) is 70.9 Å². The van der Waals surface area contributed by atoms with E-state index in [9.17, 15) is 4.79 Å². The Morgan fingerprint density at radius 1 is 1.18 bits per heavy atom. The average Bonchev–Trinajstić information content (AvgIpc) is 2.49. The van der Waals surface area contributed by atoms with Crippen molar-refractivity contribution in [2.45, 2.75) is 13.8 Å². The van der Waals surface area contributed by atoms with Gasteiger partial charge >= 0.3 is 0 Å². The number of amides is 1. The zero-order valence-corrected chi connectivity index (χ0v) is 12.5. The lowest BCUT2D eigenvalue weighted by atomic mass is 10.1. The Labute approximate surface area is 129 Å². The van der Waals surface area contributed by atoms with Gasteiger partial charge in [-0.25, -0.2) is 5.43 Å². The van der Waals surface area contributed by atoms with Gasteiger partial charge in [0.1, 0.15) is 11.5 Å². The van der Waals surface area contributed by atoms with E-state index in [0.29, 0.717) is 0 Å². The second-order valence-electron chi connectivity index (χ2n) is 4.89. The molecule has 114 valence electrons. The van der Waals surface area contributed by atoms with Crippen LogP contribution in [0.2, 0.25) is 0 Å². The van der Waals surface area contributed by atoms with Crippen molar-refractivity contribution >= 4 is 12.1 Å². The number of carbonyl (C=O) groups is 1. The van der Waals surface area contributed by atoms with Crippen molar-refractivity contribution < 1.29 is 14.6 Å². The summed E-state index contributed by atoms with van der Waals surface area (Å²) in [6, 6.07) is 12.3. The number of phenolic OH excluding ortho intramolecular Hbond substituents is 1. The normalized spacial score (nSPS) is 10.6. The number of phenols is 1. The number of nitrogens with zero attached hydrogens (tertiary/aromatic N) is 1. The quantitative estimate of drug-likeness (QED) is 0.658. The van der Waals surface area contributed by atoms with Crippen molar-refractivity contribution in [3.05, 3.63) is 59.2 Å². The summed E-state index contributed by atoms with van der Waals surface area (Å²) < 4.78 is 5.53. The predicted molar refractivity (Wildman–Crippen MR) is 85.3 cm³/mol. The Balaban J connectivity index is 1.84. The van der Waals surface area contributed by atoms with E-state index in [2.05, 4.69) is 10.5 Å². The van der Waals surface area contributed by atoms with Crippen LogP contribution in [0, 0.1) is 13.8 Å². The molecule has 0 bridgehead atoms. The molecule has 1 amide bonds. The third-order valence-corrected chi connectivity index (χ3v) is 3.05. The van der Waals surface area contributed by atoms with Crippen LogP contribution in [0.3, 0.4) is 0 Å². The molecule has 0 spiro atoms. The second-order valence-corrected chi connectivity index (χ2v) is 4.89. The number of aromatic hydroxyl groups is 1. The number of aryl methyl sites for hydroxylation is 2. The van der Waals surface area contributed by atoms with Gasteiger partial charge in [0.05, 0.1) is 6.21 Å². The number of hydrazone groups is 1. The minimum absolute atomic E-state index is 0.0986. The summed E-state index contributed by atoms with van der Waals surface area (Å²) in [5.74, 6) is 0.570. The Morgan fingerprint density at radius 3 is 2.45 bits per heavy atom. The number of para-hydroxylation sites is 1. The molecule has 0 aliphatic carbocycles. The zero-order chi connectivity index (χ0) is 15.9. The minimum atomic E-state index is -0.335. The smallest absolute Gasteiger partial charge is 0.277 e. The fraction of sp³-hybridized carbons (Fsp3) is 0.176. The summed E-state index contributed by atoms with van der Waals surface area (Å²) in [5, 5.41) is 13.0. The molecular weight excluding hydrogens is 280 g/mol. The highest BCUT2D eigenvalue weighted by Gasteiger charge is 2.06. The third kappa shape index (κ3) is 4.34. The molecule has 0 unspecified atom stereocenters. The van der Waals surface area contributed by atoms with Gasteiger partial charge in [0.25, 0.3) is 5.91 Å². The molecule has 0 aliphatic rings. The lowest BCUT2D eigenvalue weighted by molar-refractivity contribution is -0.123. The summed E-state index contributed by atoms with van der Waals surface area (Å²) in [6.07, 6.45) is 1.50. The van der Waals surface area contributed by atoms with Gasteiger partial charge in [-0.05, 0) is 54.8 Å². The highest BCUT2D eigenvalue weighted by molar-refractivity contribution is 5.83. The van der Waals surface area contributed by atoms with Crippen LogP contribution in [0.25, 0.3) is 0 Å². The molecule has 0 heterocycles. The first-order valence-corrected chi connectivity index (χ1v) is 6.86. The molecule has 5 nitrogen and oxygen atoms in total. The second kappa shape index (κ2) is 7.26. The molecule has 2 rings (SSSR count). The van der Waals surface area contributed by atoms with Crippen LogP contribution >= 0.6 is 0 Å². The van der Waals surface area contributed by atoms with E-state index in [1.807, 2.05) is 32.0 Å². The van der Waals surface area contributed by atoms with Gasteiger partial charge in [-0.1, -0.05) is 18.2 Å². The number of benzene rings is 2. The molecule has 0 aromatic heterocycles. The zero-order valence-electron chi connectivity index (χ0n) is 12.5. The van der Waals surface area contributed by atoms with E-state index in [1.165, 1.54) is 6.21 Å². The Kier molecular flexibility index (Phi) is 5.14. The van der Waals surface area contributed by atoms with Gasteiger partial charge in [0.15, 0.2) is 6.61 Å². The first kappa shape index (κ1) is 15.6. The molecule has 0 fully saturated rings. The van der Waals surface area contributed by atoms with E-state index >= 15 is 0 Å². The molecule has 2 N–H and O–H groups in total. The van der Waals surface area contributed by atoms with Crippen molar-refractivity contribution in [1.82, 2.24) is 5.43 Å². The molecule has 0 saturated carbocycles. The molecule has 5 heteroatoms. The molecule has 0 radical (unpaired) electrons. The predicted octanol–water partition coefficient (Wildman–Crippen LogP) is 2.54. The summed E-state index contributed by atoms with van der Waals surface area (Å²) in [7, 11) is 0. The number of hydrogen-bond acceptors (Lipinski definition) is 4. The molecule has 22 heavy (non-hydrogen) atoms. The van der Waals surface area contributed by atoms with E-state index in [0.717, 1.165) is 22.4 Å². The fourth-order valence-corrected chi connectivity index (χ4v) is 1.94. The minimum Gasteiger partial charge on any atom is -0.508 e.